The van der Waals surface area contributed by atoms with Crippen LogP contribution in [0, 0.1) is 24.0 Å². The van der Waals surface area contributed by atoms with Crippen LogP contribution in [0.1, 0.15) is 5.56 Å². The minimum absolute atomic E-state index is 0.734. The van der Waals surface area contributed by atoms with E-state index in [1.54, 1.807) is 0 Å². The highest BCUT2D eigenvalue weighted by molar-refractivity contribution is 7.71. The maximum atomic E-state index is 6.24. The molecule has 2 heterocycles. The fourth-order valence-electron chi connectivity index (χ4n) is 2.99. The van der Waals surface area contributed by atoms with Crippen LogP contribution in [-0.4, -0.2) is 51.7 Å². The standard InChI is InChI=1S/C18H21ClN4S/c1-3-7-20-8-10-21(11-9-20)14-22-12-13-23(18(22)24)17-6-4-5-16(19)15(17)2/h1,4-6,12-13H,7-11,14H2,2H3. The molecule has 126 valence electrons. The Hall–Kier alpha value is -1.58. The zero-order valence-corrected chi connectivity index (χ0v) is 15.4. The fourth-order valence-corrected chi connectivity index (χ4v) is 3.44. The Morgan fingerprint density at radius 3 is 2.58 bits per heavy atom. The van der Waals surface area contributed by atoms with Crippen LogP contribution in [0.2, 0.25) is 5.02 Å². The first-order valence-electron chi connectivity index (χ1n) is 8.01. The highest BCUT2D eigenvalue weighted by atomic mass is 35.5. The summed E-state index contributed by atoms with van der Waals surface area (Å²) >= 11 is 11.9. The average molecular weight is 361 g/mol. The molecular weight excluding hydrogens is 340 g/mol. The van der Waals surface area contributed by atoms with Gasteiger partial charge in [-0.1, -0.05) is 23.6 Å². The molecule has 0 bridgehead atoms. The molecule has 0 amide bonds. The van der Waals surface area contributed by atoms with Gasteiger partial charge in [0.1, 0.15) is 0 Å². The first-order chi connectivity index (χ1) is 11.6. The molecule has 0 atom stereocenters. The summed E-state index contributed by atoms with van der Waals surface area (Å²) in [6, 6.07) is 5.89. The van der Waals surface area contributed by atoms with Crippen molar-refractivity contribution in [3.8, 4) is 18.0 Å². The molecule has 3 rings (SSSR count). The molecule has 2 aromatic rings. The van der Waals surface area contributed by atoms with E-state index in [0.29, 0.717) is 0 Å². The quantitative estimate of drug-likeness (QED) is 0.615. The van der Waals surface area contributed by atoms with Crippen molar-refractivity contribution in [2.24, 2.45) is 0 Å². The third kappa shape index (κ3) is 3.57. The molecule has 1 saturated heterocycles. The predicted molar refractivity (Wildman–Crippen MR) is 101 cm³/mol. The molecule has 0 unspecified atom stereocenters. The lowest BCUT2D eigenvalue weighted by molar-refractivity contribution is 0.116. The summed E-state index contributed by atoms with van der Waals surface area (Å²) in [4.78, 5) is 4.70. The third-order valence-electron chi connectivity index (χ3n) is 4.48. The van der Waals surface area contributed by atoms with E-state index < -0.39 is 0 Å². The molecule has 0 aliphatic carbocycles. The van der Waals surface area contributed by atoms with Crippen molar-refractivity contribution in [1.29, 1.82) is 0 Å². The summed E-state index contributed by atoms with van der Waals surface area (Å²) in [5.41, 5.74) is 2.07. The zero-order chi connectivity index (χ0) is 17.1. The van der Waals surface area contributed by atoms with Crippen LogP contribution in [0.5, 0.6) is 0 Å². The van der Waals surface area contributed by atoms with Crippen LogP contribution in [0.3, 0.4) is 0 Å². The largest absolute Gasteiger partial charge is 0.310 e. The Labute approximate surface area is 153 Å². The maximum absolute atomic E-state index is 6.24. The zero-order valence-electron chi connectivity index (χ0n) is 13.8. The maximum Gasteiger partial charge on any atom is 0.185 e. The predicted octanol–water partition coefficient (Wildman–Crippen LogP) is 3.18. The average Bonchev–Trinajstić information content (AvgIpc) is 2.93. The number of rotatable bonds is 4. The first kappa shape index (κ1) is 17.2. The van der Waals surface area contributed by atoms with Crippen LogP contribution in [0.4, 0.5) is 0 Å². The SMILES string of the molecule is C#CCN1CCN(Cn2ccn(-c3cccc(Cl)c3C)c2=S)CC1. The van der Waals surface area contributed by atoms with Gasteiger partial charge in [-0.05, 0) is 36.8 Å². The highest BCUT2D eigenvalue weighted by Crippen LogP contribution is 2.22. The van der Waals surface area contributed by atoms with E-state index in [0.717, 1.165) is 60.4 Å². The summed E-state index contributed by atoms with van der Waals surface area (Å²) < 4.78 is 4.91. The topological polar surface area (TPSA) is 16.3 Å². The Bertz CT molecular complexity index is 809. The molecule has 4 nitrogen and oxygen atoms in total. The van der Waals surface area contributed by atoms with Gasteiger partial charge in [-0.3, -0.25) is 14.4 Å². The van der Waals surface area contributed by atoms with Crippen molar-refractivity contribution in [2.75, 3.05) is 32.7 Å². The van der Waals surface area contributed by atoms with Crippen LogP contribution >= 0.6 is 23.8 Å². The van der Waals surface area contributed by atoms with Crippen LogP contribution in [-0.2, 0) is 6.67 Å². The van der Waals surface area contributed by atoms with E-state index in [4.69, 9.17) is 30.2 Å². The summed E-state index contributed by atoms with van der Waals surface area (Å²) in [5.74, 6) is 2.71. The lowest BCUT2D eigenvalue weighted by Gasteiger charge is -2.33. The van der Waals surface area contributed by atoms with Gasteiger partial charge in [-0.25, -0.2) is 0 Å². The third-order valence-corrected chi connectivity index (χ3v) is 5.32. The number of nitrogens with zero attached hydrogens (tertiary/aromatic N) is 4. The van der Waals surface area contributed by atoms with Gasteiger partial charge < -0.3 is 4.57 Å². The van der Waals surface area contributed by atoms with Gasteiger partial charge in [0.05, 0.1) is 18.9 Å². The number of halogens is 1. The van der Waals surface area contributed by atoms with Crippen molar-refractivity contribution in [1.82, 2.24) is 18.9 Å². The fraction of sp³-hybridized carbons (Fsp3) is 0.389. The highest BCUT2D eigenvalue weighted by Gasteiger charge is 2.17. The minimum Gasteiger partial charge on any atom is -0.310 e. The van der Waals surface area contributed by atoms with E-state index in [9.17, 15) is 0 Å². The molecule has 0 saturated carbocycles. The van der Waals surface area contributed by atoms with Crippen LogP contribution < -0.4 is 0 Å². The van der Waals surface area contributed by atoms with E-state index in [1.165, 1.54) is 0 Å². The van der Waals surface area contributed by atoms with Gasteiger partial charge in [0.25, 0.3) is 0 Å². The Morgan fingerprint density at radius 2 is 1.88 bits per heavy atom. The van der Waals surface area contributed by atoms with Crippen molar-refractivity contribution in [3.05, 3.63) is 45.9 Å². The van der Waals surface area contributed by atoms with Crippen molar-refractivity contribution in [2.45, 2.75) is 13.6 Å². The van der Waals surface area contributed by atoms with Gasteiger partial charge >= 0.3 is 0 Å². The monoisotopic (exact) mass is 360 g/mol. The summed E-state index contributed by atoms with van der Waals surface area (Å²) in [5, 5.41) is 0.756. The molecule has 1 aromatic heterocycles. The Balaban J connectivity index is 1.74. The second-order valence-electron chi connectivity index (χ2n) is 6.04. The molecule has 1 aliphatic rings. The van der Waals surface area contributed by atoms with Crippen LogP contribution in [0.15, 0.2) is 30.6 Å². The van der Waals surface area contributed by atoms with Crippen molar-refractivity contribution >= 4 is 23.8 Å². The second kappa shape index (κ2) is 7.54. The number of hydrogen-bond acceptors (Lipinski definition) is 3. The molecule has 6 heteroatoms. The summed E-state index contributed by atoms with van der Waals surface area (Å²) in [6.07, 6.45) is 9.43. The Morgan fingerprint density at radius 1 is 1.17 bits per heavy atom. The van der Waals surface area contributed by atoms with E-state index in [2.05, 4.69) is 20.3 Å². The summed E-state index contributed by atoms with van der Waals surface area (Å²) in [7, 11) is 0. The molecule has 1 aromatic carbocycles. The first-order valence-corrected chi connectivity index (χ1v) is 8.80. The molecule has 0 radical (unpaired) electrons. The van der Waals surface area contributed by atoms with Gasteiger partial charge in [0.15, 0.2) is 4.77 Å². The number of terminal acetylenes is 1. The smallest absolute Gasteiger partial charge is 0.185 e. The number of piperazine rings is 1. The van der Waals surface area contributed by atoms with Gasteiger partial charge in [0.2, 0.25) is 0 Å². The van der Waals surface area contributed by atoms with Crippen molar-refractivity contribution in [3.63, 3.8) is 0 Å². The minimum atomic E-state index is 0.734. The normalized spacial score (nSPS) is 16.2. The van der Waals surface area contributed by atoms with Crippen molar-refractivity contribution < 1.29 is 0 Å². The number of aromatic nitrogens is 2. The van der Waals surface area contributed by atoms with E-state index in [-0.39, 0.29) is 0 Å². The molecule has 0 spiro atoms. The number of imidazole rings is 1. The number of hydrogen-bond donors (Lipinski definition) is 0. The molecule has 1 aliphatic heterocycles. The second-order valence-corrected chi connectivity index (χ2v) is 6.82. The molecule has 1 fully saturated rings. The van der Waals surface area contributed by atoms with E-state index in [1.807, 2.05) is 42.1 Å². The molecular formula is C18H21ClN4S. The van der Waals surface area contributed by atoms with Gasteiger partial charge in [0, 0.05) is 43.6 Å². The lowest BCUT2D eigenvalue weighted by atomic mass is 10.2. The lowest BCUT2D eigenvalue weighted by Crippen LogP contribution is -2.46. The Kier molecular flexibility index (Phi) is 5.42. The molecule has 24 heavy (non-hydrogen) atoms. The van der Waals surface area contributed by atoms with E-state index >= 15 is 0 Å². The van der Waals surface area contributed by atoms with Crippen LogP contribution in [0.25, 0.3) is 5.69 Å². The van der Waals surface area contributed by atoms with Gasteiger partial charge in [-0.15, -0.1) is 6.42 Å². The molecule has 0 N–H and O–H groups in total. The van der Waals surface area contributed by atoms with Gasteiger partial charge in [-0.2, -0.15) is 0 Å². The number of benzene rings is 1. The summed E-state index contributed by atoms with van der Waals surface area (Å²) in [6.45, 7) is 7.57.